The number of hydrogen-bond donors (Lipinski definition) is 0. The number of Topliss-reactive ketones (excluding diaryl/α,β-unsaturated/α-hetero) is 1. The molecule has 126 valence electrons. The molecule has 8 nitrogen and oxygen atoms in total. The van der Waals surface area contributed by atoms with Crippen molar-refractivity contribution in [1.82, 2.24) is 5.06 Å². The van der Waals surface area contributed by atoms with Crippen molar-refractivity contribution in [1.29, 1.82) is 0 Å². The molecule has 8 heteroatoms. The van der Waals surface area contributed by atoms with E-state index in [0.717, 1.165) is 5.06 Å². The molecule has 0 aromatic carbocycles. The Kier molecular flexibility index (Phi) is 5.39. The lowest BCUT2D eigenvalue weighted by Crippen LogP contribution is -2.41. The van der Waals surface area contributed by atoms with Crippen LogP contribution in [0.3, 0.4) is 0 Å². The van der Waals surface area contributed by atoms with Crippen molar-refractivity contribution in [2.45, 2.75) is 65.4 Å². The molecule has 1 heterocycles. The topological polar surface area (TPSA) is 91.4 Å². The predicted octanol–water partition coefficient (Wildman–Crippen LogP) is 2.41. The third kappa shape index (κ3) is 6.30. The molecule has 1 aliphatic rings. The Bertz CT molecular complexity index is 447. The molecule has 1 saturated heterocycles. The number of carbonyl (C=O) groups is 3. The Hall–Kier alpha value is -1.83. The van der Waals surface area contributed by atoms with Crippen LogP contribution in [0.2, 0.25) is 0 Å². The Morgan fingerprint density at radius 2 is 1.50 bits per heavy atom. The first-order chi connectivity index (χ1) is 9.87. The summed E-state index contributed by atoms with van der Waals surface area (Å²) in [5.74, 6) is -0.380. The maximum absolute atomic E-state index is 11.7. The lowest BCUT2D eigenvalue weighted by Gasteiger charge is -2.25. The number of ether oxygens (including phenoxy) is 3. The SMILES string of the molecule is CC(C)(C)OC(=O)O[C@H]1C(=O)CCN1OC(=O)OC(C)(C)C. The number of hydroxylamine groups is 2. The molecular formula is C14H23NO7. The molecule has 0 bridgehead atoms. The predicted molar refractivity (Wildman–Crippen MR) is 74.8 cm³/mol. The summed E-state index contributed by atoms with van der Waals surface area (Å²) in [5.41, 5.74) is -1.49. The third-order valence-corrected chi connectivity index (χ3v) is 2.29. The average molecular weight is 317 g/mol. The Labute approximate surface area is 129 Å². The molecule has 1 rings (SSSR count). The number of hydrogen-bond acceptors (Lipinski definition) is 8. The van der Waals surface area contributed by atoms with Crippen LogP contribution in [0.4, 0.5) is 9.59 Å². The minimum Gasteiger partial charge on any atom is -0.429 e. The molecule has 1 atom stereocenters. The number of rotatable bonds is 2. The molecule has 0 amide bonds. The van der Waals surface area contributed by atoms with Gasteiger partial charge in [0.05, 0.1) is 0 Å². The van der Waals surface area contributed by atoms with Crippen LogP contribution in [0.5, 0.6) is 0 Å². The highest BCUT2D eigenvalue weighted by atomic mass is 16.8. The first kappa shape index (κ1) is 18.2. The maximum atomic E-state index is 11.7. The smallest absolute Gasteiger partial charge is 0.429 e. The van der Waals surface area contributed by atoms with Crippen molar-refractivity contribution in [3.8, 4) is 0 Å². The monoisotopic (exact) mass is 317 g/mol. The highest BCUT2D eigenvalue weighted by Gasteiger charge is 2.40. The van der Waals surface area contributed by atoms with E-state index in [1.165, 1.54) is 0 Å². The van der Waals surface area contributed by atoms with Gasteiger partial charge in [-0.25, -0.2) is 9.59 Å². The maximum Gasteiger partial charge on any atom is 0.528 e. The summed E-state index contributed by atoms with van der Waals surface area (Å²) >= 11 is 0. The third-order valence-electron chi connectivity index (χ3n) is 2.29. The number of ketones is 1. The molecule has 22 heavy (non-hydrogen) atoms. The van der Waals surface area contributed by atoms with Crippen molar-refractivity contribution in [3.05, 3.63) is 0 Å². The Morgan fingerprint density at radius 3 is 2.00 bits per heavy atom. The quantitative estimate of drug-likeness (QED) is 0.717. The van der Waals surface area contributed by atoms with E-state index < -0.39 is 29.7 Å². The van der Waals surface area contributed by atoms with Crippen LogP contribution in [0, 0.1) is 0 Å². The van der Waals surface area contributed by atoms with E-state index in [9.17, 15) is 14.4 Å². The second kappa shape index (κ2) is 6.51. The van der Waals surface area contributed by atoms with Gasteiger partial charge in [-0.05, 0) is 41.5 Å². The molecule has 1 aliphatic heterocycles. The van der Waals surface area contributed by atoms with Crippen molar-refractivity contribution in [2.24, 2.45) is 0 Å². The van der Waals surface area contributed by atoms with E-state index in [1.54, 1.807) is 41.5 Å². The summed E-state index contributed by atoms with van der Waals surface area (Å²) in [7, 11) is 0. The van der Waals surface area contributed by atoms with Crippen LogP contribution >= 0.6 is 0 Å². The zero-order valence-electron chi connectivity index (χ0n) is 13.8. The fourth-order valence-corrected chi connectivity index (χ4v) is 1.57. The van der Waals surface area contributed by atoms with Crippen molar-refractivity contribution in [2.75, 3.05) is 6.54 Å². The number of nitrogens with zero attached hydrogens (tertiary/aromatic N) is 1. The van der Waals surface area contributed by atoms with Crippen LogP contribution in [0.15, 0.2) is 0 Å². The molecule has 0 radical (unpaired) electrons. The number of carbonyl (C=O) groups excluding carboxylic acids is 3. The zero-order chi connectivity index (χ0) is 17.1. The van der Waals surface area contributed by atoms with E-state index in [4.69, 9.17) is 19.0 Å². The first-order valence-corrected chi connectivity index (χ1v) is 6.97. The largest absolute Gasteiger partial charge is 0.528 e. The molecule has 1 fully saturated rings. The average Bonchev–Trinajstić information content (AvgIpc) is 2.56. The van der Waals surface area contributed by atoms with E-state index >= 15 is 0 Å². The second-order valence-corrected chi connectivity index (χ2v) is 6.85. The van der Waals surface area contributed by atoms with Gasteiger partial charge in [0.1, 0.15) is 11.2 Å². The fraction of sp³-hybridized carbons (Fsp3) is 0.786. The lowest BCUT2D eigenvalue weighted by molar-refractivity contribution is -0.203. The van der Waals surface area contributed by atoms with Gasteiger partial charge in [0, 0.05) is 13.0 Å². The molecule has 0 aromatic heterocycles. The summed E-state index contributed by atoms with van der Waals surface area (Å²) in [5, 5.41) is 0.973. The standard InChI is InChI=1S/C14H23NO7/c1-13(2,3)20-11(17)19-10-9(16)7-8-15(10)22-12(18)21-14(4,5)6/h10H,7-8H2,1-6H3/t10-/m0/s1. The molecule has 0 aliphatic carbocycles. The molecule has 0 N–H and O–H groups in total. The van der Waals surface area contributed by atoms with E-state index in [0.29, 0.717) is 0 Å². The first-order valence-electron chi connectivity index (χ1n) is 6.97. The summed E-state index contributed by atoms with van der Waals surface area (Å²) in [6.07, 6.45) is -3.20. The summed E-state index contributed by atoms with van der Waals surface area (Å²) in [6, 6.07) is 0. The van der Waals surface area contributed by atoms with Gasteiger partial charge in [-0.2, -0.15) is 0 Å². The van der Waals surface area contributed by atoms with Crippen LogP contribution in [-0.4, -0.2) is 47.1 Å². The van der Waals surface area contributed by atoms with E-state index in [1.807, 2.05) is 0 Å². The van der Waals surface area contributed by atoms with Gasteiger partial charge in [0.15, 0.2) is 5.78 Å². The van der Waals surface area contributed by atoms with Gasteiger partial charge in [-0.3, -0.25) is 4.79 Å². The lowest BCUT2D eigenvalue weighted by atomic mass is 10.2. The molecule has 0 saturated carbocycles. The highest BCUT2D eigenvalue weighted by molar-refractivity contribution is 5.86. The second-order valence-electron chi connectivity index (χ2n) is 6.85. The van der Waals surface area contributed by atoms with Crippen LogP contribution in [0.1, 0.15) is 48.0 Å². The van der Waals surface area contributed by atoms with Gasteiger partial charge in [0.2, 0.25) is 6.23 Å². The van der Waals surface area contributed by atoms with Gasteiger partial charge in [0.25, 0.3) is 0 Å². The zero-order valence-corrected chi connectivity index (χ0v) is 13.8. The van der Waals surface area contributed by atoms with Gasteiger partial charge < -0.3 is 19.0 Å². The van der Waals surface area contributed by atoms with E-state index in [-0.39, 0.29) is 18.7 Å². The van der Waals surface area contributed by atoms with Gasteiger partial charge >= 0.3 is 12.3 Å². The van der Waals surface area contributed by atoms with Crippen molar-refractivity contribution in [3.63, 3.8) is 0 Å². The normalized spacial score (nSPS) is 19.7. The molecular weight excluding hydrogens is 294 g/mol. The minimum atomic E-state index is -1.32. The van der Waals surface area contributed by atoms with Crippen LogP contribution < -0.4 is 0 Å². The van der Waals surface area contributed by atoms with Crippen LogP contribution in [-0.2, 0) is 23.8 Å². The summed E-state index contributed by atoms with van der Waals surface area (Å²) in [6.45, 7) is 10.2. The van der Waals surface area contributed by atoms with Crippen molar-refractivity contribution < 1.29 is 33.4 Å². The Morgan fingerprint density at radius 1 is 1.00 bits per heavy atom. The van der Waals surface area contributed by atoms with E-state index in [2.05, 4.69) is 0 Å². The summed E-state index contributed by atoms with van der Waals surface area (Å²) < 4.78 is 14.9. The van der Waals surface area contributed by atoms with Gasteiger partial charge in [-0.1, -0.05) is 5.06 Å². The molecule has 0 spiro atoms. The summed E-state index contributed by atoms with van der Waals surface area (Å²) in [4.78, 5) is 39.9. The van der Waals surface area contributed by atoms with Crippen LogP contribution in [0.25, 0.3) is 0 Å². The molecule has 0 aromatic rings. The van der Waals surface area contributed by atoms with Crippen molar-refractivity contribution >= 4 is 18.1 Å². The van der Waals surface area contributed by atoms with Gasteiger partial charge in [-0.15, -0.1) is 0 Å². The minimum absolute atomic E-state index is 0.0935. The highest BCUT2D eigenvalue weighted by Crippen LogP contribution is 2.19. The molecule has 0 unspecified atom stereocenters. The fourth-order valence-electron chi connectivity index (χ4n) is 1.57. The Balaban J connectivity index is 2.62.